The normalized spacial score (nSPS) is 12.5. The fourth-order valence-electron chi connectivity index (χ4n) is 2.07. The first-order valence-corrected chi connectivity index (χ1v) is 6.57. The van der Waals surface area contributed by atoms with Gasteiger partial charge in [-0.2, -0.15) is 0 Å². The van der Waals surface area contributed by atoms with Crippen LogP contribution in [0, 0.1) is 5.82 Å². The number of rotatable bonds is 5. The van der Waals surface area contributed by atoms with Crippen LogP contribution in [0.1, 0.15) is 11.1 Å². The maximum absolute atomic E-state index is 14.1. The number of hydrogen-bond donors (Lipinski definition) is 1. The minimum absolute atomic E-state index is 0.000386. The van der Waals surface area contributed by atoms with Crippen molar-refractivity contribution in [3.05, 3.63) is 47.4 Å². The Balaban J connectivity index is 1.71. The van der Waals surface area contributed by atoms with Crippen LogP contribution < -0.4 is 19.5 Å². The summed E-state index contributed by atoms with van der Waals surface area (Å²) < 4.78 is 30.1. The quantitative estimate of drug-likeness (QED) is 0.915. The number of fused-ring (bicyclic) bond motifs is 1. The molecule has 3 rings (SSSR count). The average molecular weight is 290 g/mol. The van der Waals surface area contributed by atoms with Gasteiger partial charge >= 0.3 is 0 Å². The molecule has 0 bridgehead atoms. The van der Waals surface area contributed by atoms with Crippen molar-refractivity contribution in [1.29, 1.82) is 0 Å². The minimum atomic E-state index is -0.437. The van der Waals surface area contributed by atoms with Gasteiger partial charge in [-0.3, -0.25) is 0 Å². The van der Waals surface area contributed by atoms with Gasteiger partial charge in [0, 0.05) is 18.3 Å². The van der Waals surface area contributed by atoms with Crippen molar-refractivity contribution in [3.8, 4) is 17.4 Å². The van der Waals surface area contributed by atoms with Crippen LogP contribution in [0.5, 0.6) is 17.4 Å². The zero-order valence-corrected chi connectivity index (χ0v) is 11.6. The van der Waals surface area contributed by atoms with E-state index in [1.54, 1.807) is 13.1 Å². The van der Waals surface area contributed by atoms with E-state index in [0.29, 0.717) is 23.6 Å². The summed E-state index contributed by atoms with van der Waals surface area (Å²) in [5.41, 5.74) is 1.38. The summed E-state index contributed by atoms with van der Waals surface area (Å²) in [6.07, 6.45) is 1.53. The van der Waals surface area contributed by atoms with Crippen molar-refractivity contribution >= 4 is 0 Å². The van der Waals surface area contributed by atoms with E-state index in [2.05, 4.69) is 10.3 Å². The topological polar surface area (TPSA) is 52.6 Å². The van der Waals surface area contributed by atoms with Crippen molar-refractivity contribution in [2.75, 3.05) is 13.8 Å². The molecule has 110 valence electrons. The molecule has 5 nitrogen and oxygen atoms in total. The van der Waals surface area contributed by atoms with E-state index in [4.69, 9.17) is 14.2 Å². The summed E-state index contributed by atoms with van der Waals surface area (Å²) >= 11 is 0. The van der Waals surface area contributed by atoms with Gasteiger partial charge in [-0.15, -0.1) is 0 Å². The summed E-state index contributed by atoms with van der Waals surface area (Å²) in [6.45, 7) is 0.861. The number of ether oxygens (including phenoxy) is 3. The van der Waals surface area contributed by atoms with Gasteiger partial charge in [0.05, 0.1) is 0 Å². The molecule has 0 fully saturated rings. The molecule has 1 aliphatic rings. The van der Waals surface area contributed by atoms with Gasteiger partial charge < -0.3 is 19.5 Å². The number of benzene rings is 1. The zero-order chi connectivity index (χ0) is 14.7. The first kappa shape index (κ1) is 13.6. The van der Waals surface area contributed by atoms with Crippen molar-refractivity contribution < 1.29 is 18.6 Å². The van der Waals surface area contributed by atoms with E-state index in [-0.39, 0.29) is 19.3 Å². The van der Waals surface area contributed by atoms with Crippen LogP contribution >= 0.6 is 0 Å². The number of nitrogens with one attached hydrogen (secondary N) is 1. The molecule has 0 atom stereocenters. The van der Waals surface area contributed by atoms with Crippen LogP contribution in [0.15, 0.2) is 30.5 Å². The second-order valence-electron chi connectivity index (χ2n) is 4.60. The Hall–Kier alpha value is -2.34. The van der Waals surface area contributed by atoms with E-state index >= 15 is 0 Å². The Morgan fingerprint density at radius 1 is 1.29 bits per heavy atom. The molecule has 0 aliphatic carbocycles. The van der Waals surface area contributed by atoms with Crippen LogP contribution in [-0.4, -0.2) is 18.8 Å². The Morgan fingerprint density at radius 3 is 3.00 bits per heavy atom. The third-order valence-corrected chi connectivity index (χ3v) is 3.12. The molecule has 6 heteroatoms. The molecule has 0 unspecified atom stereocenters. The number of pyridine rings is 1. The molecule has 1 N–H and O–H groups in total. The fraction of sp³-hybridized carbons (Fsp3) is 0.267. The maximum Gasteiger partial charge on any atom is 0.251 e. The number of hydrogen-bond acceptors (Lipinski definition) is 5. The second-order valence-corrected chi connectivity index (χ2v) is 4.60. The minimum Gasteiger partial charge on any atom is -0.471 e. The predicted molar refractivity (Wildman–Crippen MR) is 73.9 cm³/mol. The molecule has 2 heterocycles. The monoisotopic (exact) mass is 290 g/mol. The predicted octanol–water partition coefficient (Wildman–Crippen LogP) is 2.25. The van der Waals surface area contributed by atoms with Crippen LogP contribution in [0.3, 0.4) is 0 Å². The van der Waals surface area contributed by atoms with Gasteiger partial charge in [-0.25, -0.2) is 9.37 Å². The van der Waals surface area contributed by atoms with E-state index in [1.165, 1.54) is 6.20 Å². The van der Waals surface area contributed by atoms with Crippen LogP contribution in [0.2, 0.25) is 0 Å². The van der Waals surface area contributed by atoms with Crippen molar-refractivity contribution in [3.63, 3.8) is 0 Å². The van der Waals surface area contributed by atoms with Crippen molar-refractivity contribution in [1.82, 2.24) is 10.3 Å². The molecular formula is C15H15FN2O3. The summed E-state index contributed by atoms with van der Waals surface area (Å²) in [5, 5.41) is 2.90. The average Bonchev–Trinajstić information content (AvgIpc) is 2.96. The molecule has 0 saturated carbocycles. The lowest BCUT2D eigenvalue weighted by atomic mass is 10.2. The summed E-state index contributed by atoms with van der Waals surface area (Å²) in [7, 11) is 1.76. The fourth-order valence-corrected chi connectivity index (χ4v) is 2.07. The largest absolute Gasteiger partial charge is 0.471 e. The lowest BCUT2D eigenvalue weighted by Crippen LogP contribution is -2.09. The van der Waals surface area contributed by atoms with Crippen LogP contribution in [0.4, 0.5) is 4.39 Å². The standard InChI is InChI=1S/C15H15FN2O3/c1-17-7-11-4-5-18-15(14(11)16)19-8-10-2-3-12-13(6-10)21-9-20-12/h2-6,17H,7-9H2,1H3. The molecular weight excluding hydrogens is 275 g/mol. The lowest BCUT2D eigenvalue weighted by molar-refractivity contribution is 0.174. The van der Waals surface area contributed by atoms with Gasteiger partial charge in [0.1, 0.15) is 6.61 Å². The molecule has 1 aromatic carbocycles. The first-order chi connectivity index (χ1) is 10.3. The third-order valence-electron chi connectivity index (χ3n) is 3.12. The molecule has 21 heavy (non-hydrogen) atoms. The van der Waals surface area contributed by atoms with Gasteiger partial charge in [0.25, 0.3) is 5.88 Å². The van der Waals surface area contributed by atoms with Crippen molar-refractivity contribution in [2.45, 2.75) is 13.2 Å². The molecule has 1 aromatic heterocycles. The maximum atomic E-state index is 14.1. The highest BCUT2D eigenvalue weighted by molar-refractivity contribution is 5.44. The van der Waals surface area contributed by atoms with Gasteiger partial charge in [0.2, 0.25) is 6.79 Å². The molecule has 0 radical (unpaired) electrons. The van der Waals surface area contributed by atoms with Gasteiger partial charge in [0.15, 0.2) is 17.3 Å². The smallest absolute Gasteiger partial charge is 0.251 e. The first-order valence-electron chi connectivity index (χ1n) is 6.57. The Labute approximate surface area is 121 Å². The zero-order valence-electron chi connectivity index (χ0n) is 11.6. The SMILES string of the molecule is CNCc1ccnc(OCc2ccc3c(c2)OCO3)c1F. The van der Waals surface area contributed by atoms with Crippen LogP contribution in [0.25, 0.3) is 0 Å². The Morgan fingerprint density at radius 2 is 2.14 bits per heavy atom. The Kier molecular flexibility index (Phi) is 3.87. The summed E-state index contributed by atoms with van der Waals surface area (Å²) in [6, 6.07) is 7.10. The molecule has 0 saturated heterocycles. The van der Waals surface area contributed by atoms with Gasteiger partial charge in [-0.1, -0.05) is 6.07 Å². The lowest BCUT2D eigenvalue weighted by Gasteiger charge is -2.09. The van der Waals surface area contributed by atoms with Crippen LogP contribution in [-0.2, 0) is 13.2 Å². The highest BCUT2D eigenvalue weighted by atomic mass is 19.1. The molecule has 1 aliphatic heterocycles. The number of nitrogens with zero attached hydrogens (tertiary/aromatic N) is 1. The number of aromatic nitrogens is 1. The number of halogens is 1. The Bertz CT molecular complexity index is 649. The second kappa shape index (κ2) is 5.97. The van der Waals surface area contributed by atoms with Crippen molar-refractivity contribution in [2.24, 2.45) is 0 Å². The third kappa shape index (κ3) is 2.90. The summed E-state index contributed by atoms with van der Waals surface area (Å²) in [4.78, 5) is 3.93. The summed E-state index contributed by atoms with van der Waals surface area (Å²) in [5.74, 6) is 0.945. The van der Waals surface area contributed by atoms with E-state index in [9.17, 15) is 4.39 Å². The highest BCUT2D eigenvalue weighted by Crippen LogP contribution is 2.32. The van der Waals surface area contributed by atoms with Gasteiger partial charge in [-0.05, 0) is 30.8 Å². The molecule has 2 aromatic rings. The van der Waals surface area contributed by atoms with E-state index < -0.39 is 5.82 Å². The highest BCUT2D eigenvalue weighted by Gasteiger charge is 2.14. The van der Waals surface area contributed by atoms with E-state index in [1.807, 2.05) is 18.2 Å². The molecule has 0 amide bonds. The van der Waals surface area contributed by atoms with E-state index in [0.717, 1.165) is 5.56 Å². The molecule has 0 spiro atoms.